The highest BCUT2D eigenvalue weighted by molar-refractivity contribution is 9.11. The highest BCUT2D eigenvalue weighted by Gasteiger charge is 2.08. The Morgan fingerprint density at radius 1 is 1.00 bits per heavy atom. The Labute approximate surface area is 134 Å². The maximum absolute atomic E-state index is 10.7. The van der Waals surface area contributed by atoms with Gasteiger partial charge in [-0.05, 0) is 55.6 Å². The molecule has 0 fully saturated rings. The van der Waals surface area contributed by atoms with Crippen molar-refractivity contribution in [1.29, 1.82) is 0 Å². The van der Waals surface area contributed by atoms with E-state index in [-0.39, 0.29) is 0 Å². The monoisotopic (exact) mass is 394 g/mol. The fourth-order valence-corrected chi connectivity index (χ4v) is 3.12. The summed E-state index contributed by atoms with van der Waals surface area (Å²) in [5.41, 5.74) is 1.72. The second-order valence-corrected chi connectivity index (χ2v) is 5.76. The molecule has 0 saturated carbocycles. The Morgan fingerprint density at radius 2 is 1.65 bits per heavy atom. The van der Waals surface area contributed by atoms with Crippen LogP contribution in [-0.2, 0) is 0 Å². The smallest absolute Gasteiger partial charge is 0.150 e. The fraction of sp³-hybridized carbons (Fsp3) is 0.0625. The first-order valence-electron chi connectivity index (χ1n) is 5.99. The molecule has 0 aliphatic heterocycles. The van der Waals surface area contributed by atoms with Gasteiger partial charge in [0.15, 0.2) is 0 Å². The van der Waals surface area contributed by atoms with E-state index in [4.69, 9.17) is 4.74 Å². The third-order valence-electron chi connectivity index (χ3n) is 2.59. The summed E-state index contributed by atoms with van der Waals surface area (Å²) in [6.07, 6.45) is 4.75. The second kappa shape index (κ2) is 7.41. The summed E-state index contributed by atoms with van der Waals surface area (Å²) >= 11 is 6.80. The minimum atomic E-state index is 0.451. The van der Waals surface area contributed by atoms with Gasteiger partial charge in [-0.2, -0.15) is 0 Å². The van der Waals surface area contributed by atoms with E-state index in [0.717, 1.165) is 20.8 Å². The first-order chi connectivity index (χ1) is 9.70. The van der Waals surface area contributed by atoms with Crippen molar-refractivity contribution >= 4 is 44.2 Å². The fourth-order valence-electron chi connectivity index (χ4n) is 1.67. The van der Waals surface area contributed by atoms with Crippen LogP contribution in [0.15, 0.2) is 57.5 Å². The number of carbonyl (C=O) groups excluding carboxylic acids is 1. The van der Waals surface area contributed by atoms with Crippen molar-refractivity contribution in [3.63, 3.8) is 0 Å². The average Bonchev–Trinajstić information content (AvgIpc) is 2.46. The van der Waals surface area contributed by atoms with Gasteiger partial charge in [0.1, 0.15) is 18.6 Å². The normalized spacial score (nSPS) is 10.7. The van der Waals surface area contributed by atoms with E-state index in [9.17, 15) is 4.79 Å². The molecule has 0 amide bonds. The third-order valence-corrected chi connectivity index (χ3v) is 3.77. The molecular formula is C16H12Br2O2. The van der Waals surface area contributed by atoms with Crippen molar-refractivity contribution in [3.05, 3.63) is 68.6 Å². The Kier molecular flexibility index (Phi) is 5.56. The van der Waals surface area contributed by atoms with Crippen molar-refractivity contribution in [2.75, 3.05) is 6.61 Å². The summed E-state index contributed by atoms with van der Waals surface area (Å²) in [5, 5.41) is 0. The molecule has 4 heteroatoms. The van der Waals surface area contributed by atoms with Gasteiger partial charge >= 0.3 is 0 Å². The van der Waals surface area contributed by atoms with Crippen LogP contribution in [0.25, 0.3) is 6.08 Å². The average molecular weight is 396 g/mol. The van der Waals surface area contributed by atoms with Gasteiger partial charge in [-0.1, -0.05) is 36.4 Å². The van der Waals surface area contributed by atoms with Gasteiger partial charge < -0.3 is 4.74 Å². The van der Waals surface area contributed by atoms with Crippen LogP contribution in [0.4, 0.5) is 0 Å². The molecule has 2 aromatic rings. The molecule has 0 N–H and O–H groups in total. The summed E-state index contributed by atoms with van der Waals surface area (Å²) in [6.45, 7) is 0.451. The molecule has 2 aromatic carbocycles. The van der Waals surface area contributed by atoms with Gasteiger partial charge in [0, 0.05) is 5.56 Å². The van der Waals surface area contributed by atoms with Crippen LogP contribution in [0.2, 0.25) is 0 Å². The summed E-state index contributed by atoms with van der Waals surface area (Å²) < 4.78 is 7.20. The van der Waals surface area contributed by atoms with Crippen LogP contribution in [-0.4, -0.2) is 12.9 Å². The van der Waals surface area contributed by atoms with Gasteiger partial charge in [0.25, 0.3) is 0 Å². The van der Waals surface area contributed by atoms with E-state index >= 15 is 0 Å². The van der Waals surface area contributed by atoms with E-state index in [0.29, 0.717) is 17.9 Å². The zero-order valence-electron chi connectivity index (χ0n) is 10.6. The number of aldehydes is 1. The minimum absolute atomic E-state index is 0.451. The molecule has 0 atom stereocenters. The summed E-state index contributed by atoms with van der Waals surface area (Å²) in [6, 6.07) is 13.5. The molecule has 0 unspecified atom stereocenters. The zero-order chi connectivity index (χ0) is 14.4. The lowest BCUT2D eigenvalue weighted by molar-refractivity contribution is 0.112. The van der Waals surface area contributed by atoms with Crippen molar-refractivity contribution in [3.8, 4) is 5.75 Å². The summed E-state index contributed by atoms with van der Waals surface area (Å²) in [5.74, 6) is 0.688. The van der Waals surface area contributed by atoms with Crippen LogP contribution in [0, 0.1) is 0 Å². The van der Waals surface area contributed by atoms with Gasteiger partial charge in [-0.25, -0.2) is 0 Å². The maximum Gasteiger partial charge on any atom is 0.150 e. The third kappa shape index (κ3) is 4.05. The van der Waals surface area contributed by atoms with E-state index in [1.807, 2.05) is 42.5 Å². The van der Waals surface area contributed by atoms with Gasteiger partial charge in [-0.15, -0.1) is 0 Å². The van der Waals surface area contributed by atoms with Crippen molar-refractivity contribution in [1.82, 2.24) is 0 Å². The largest absolute Gasteiger partial charge is 0.487 e. The molecule has 20 heavy (non-hydrogen) atoms. The predicted octanol–water partition coefficient (Wildman–Crippen LogP) is 5.12. The molecule has 0 saturated heterocycles. The Balaban J connectivity index is 2.01. The van der Waals surface area contributed by atoms with Crippen LogP contribution < -0.4 is 4.74 Å². The number of halogens is 2. The van der Waals surface area contributed by atoms with Crippen LogP contribution in [0.1, 0.15) is 15.9 Å². The van der Waals surface area contributed by atoms with E-state index in [2.05, 4.69) is 31.9 Å². The lowest BCUT2D eigenvalue weighted by Crippen LogP contribution is -1.96. The Bertz CT molecular complexity index is 599. The number of hydrogen-bond acceptors (Lipinski definition) is 2. The molecule has 2 nitrogen and oxygen atoms in total. The van der Waals surface area contributed by atoms with E-state index < -0.39 is 0 Å². The molecule has 102 valence electrons. The Hall–Kier alpha value is -1.39. The first-order valence-corrected chi connectivity index (χ1v) is 7.58. The van der Waals surface area contributed by atoms with Crippen LogP contribution in [0.3, 0.4) is 0 Å². The van der Waals surface area contributed by atoms with Gasteiger partial charge in [-0.3, -0.25) is 4.79 Å². The van der Waals surface area contributed by atoms with Gasteiger partial charge in [0.05, 0.1) is 8.95 Å². The number of carbonyl (C=O) groups is 1. The number of rotatable bonds is 5. The lowest BCUT2D eigenvalue weighted by atomic mass is 10.2. The molecular weight excluding hydrogens is 384 g/mol. The molecule has 0 bridgehead atoms. The highest BCUT2D eigenvalue weighted by Crippen LogP contribution is 2.34. The SMILES string of the molecule is O=Cc1cc(Br)c(OC/C=C/c2ccccc2)c(Br)c1. The maximum atomic E-state index is 10.7. The topological polar surface area (TPSA) is 26.3 Å². The molecule has 2 rings (SSSR count). The summed E-state index contributed by atoms with van der Waals surface area (Å²) in [4.78, 5) is 10.7. The lowest BCUT2D eigenvalue weighted by Gasteiger charge is -2.09. The molecule has 0 aromatic heterocycles. The number of hydrogen-bond donors (Lipinski definition) is 0. The summed E-state index contributed by atoms with van der Waals surface area (Å²) in [7, 11) is 0. The number of ether oxygens (including phenoxy) is 1. The van der Waals surface area contributed by atoms with Crippen molar-refractivity contribution < 1.29 is 9.53 Å². The molecule has 0 aliphatic carbocycles. The van der Waals surface area contributed by atoms with E-state index in [1.165, 1.54) is 0 Å². The predicted molar refractivity (Wildman–Crippen MR) is 88.2 cm³/mol. The Morgan fingerprint density at radius 3 is 2.25 bits per heavy atom. The van der Waals surface area contributed by atoms with Crippen LogP contribution in [0.5, 0.6) is 5.75 Å². The molecule has 0 aliphatic rings. The minimum Gasteiger partial charge on any atom is -0.487 e. The quantitative estimate of drug-likeness (QED) is 0.657. The molecule has 0 radical (unpaired) electrons. The highest BCUT2D eigenvalue weighted by atomic mass is 79.9. The zero-order valence-corrected chi connectivity index (χ0v) is 13.7. The standard InChI is InChI=1S/C16H12Br2O2/c17-14-9-13(11-19)10-15(18)16(14)20-8-4-7-12-5-2-1-3-6-12/h1-7,9-11H,8H2/b7-4+. The first kappa shape index (κ1) is 15.0. The number of benzene rings is 2. The molecule has 0 spiro atoms. The second-order valence-electron chi connectivity index (χ2n) is 4.06. The van der Waals surface area contributed by atoms with Crippen molar-refractivity contribution in [2.45, 2.75) is 0 Å². The van der Waals surface area contributed by atoms with Gasteiger partial charge in [0.2, 0.25) is 0 Å². The van der Waals surface area contributed by atoms with E-state index in [1.54, 1.807) is 12.1 Å². The molecule has 0 heterocycles. The van der Waals surface area contributed by atoms with Crippen molar-refractivity contribution in [2.24, 2.45) is 0 Å². The van der Waals surface area contributed by atoms with Crippen LogP contribution >= 0.6 is 31.9 Å².